The van der Waals surface area contributed by atoms with Gasteiger partial charge in [-0.2, -0.15) is 5.26 Å². The molecule has 43 heavy (non-hydrogen) atoms. The Hall–Kier alpha value is -4.69. The molecule has 5 aromatic rings. The molecule has 212 valence electrons. The Balaban J connectivity index is 1.37. The van der Waals surface area contributed by atoms with E-state index in [-0.39, 0.29) is 5.56 Å². The van der Waals surface area contributed by atoms with Gasteiger partial charge in [0.05, 0.1) is 11.2 Å². The van der Waals surface area contributed by atoms with E-state index in [1.54, 1.807) is 23.7 Å². The Kier molecular flexibility index (Phi) is 6.19. The summed E-state index contributed by atoms with van der Waals surface area (Å²) in [5.74, 6) is 2.01. The van der Waals surface area contributed by atoms with Gasteiger partial charge >= 0.3 is 0 Å². The van der Waals surface area contributed by atoms with Crippen LogP contribution in [0.1, 0.15) is 72.7 Å². The maximum absolute atomic E-state index is 13.4. The van der Waals surface area contributed by atoms with Crippen LogP contribution in [0, 0.1) is 17.2 Å². The number of rotatable bonds is 8. The summed E-state index contributed by atoms with van der Waals surface area (Å²) in [6.45, 7) is 0. The van der Waals surface area contributed by atoms with Crippen LogP contribution in [0.5, 0.6) is 0 Å². The Morgan fingerprint density at radius 1 is 0.860 bits per heavy atom. The van der Waals surface area contributed by atoms with Gasteiger partial charge in [-0.25, -0.2) is 4.98 Å². The average Bonchev–Trinajstić information content (AvgIpc) is 3.87. The Morgan fingerprint density at radius 2 is 1.63 bits per heavy atom. The van der Waals surface area contributed by atoms with Crippen molar-refractivity contribution in [2.75, 3.05) is 4.90 Å². The highest BCUT2D eigenvalue weighted by atomic mass is 16.1. The molecule has 5 nitrogen and oxygen atoms in total. The molecule has 0 saturated heterocycles. The maximum Gasteiger partial charge on any atom is 0.252 e. The second kappa shape index (κ2) is 10.2. The fraction of sp³-hybridized carbons (Fsp3) is 0.289. The second-order valence-electron chi connectivity index (χ2n) is 12.7. The molecule has 0 atom stereocenters. The number of anilines is 3. The Bertz CT molecular complexity index is 1970. The Morgan fingerprint density at radius 3 is 2.35 bits per heavy atom. The van der Waals surface area contributed by atoms with Gasteiger partial charge in [0.2, 0.25) is 0 Å². The van der Waals surface area contributed by atoms with Gasteiger partial charge in [-0.1, -0.05) is 48.5 Å². The van der Waals surface area contributed by atoms with Crippen molar-refractivity contribution in [2.24, 2.45) is 13.0 Å². The summed E-state index contributed by atoms with van der Waals surface area (Å²) in [5, 5.41) is 9.75. The highest BCUT2D eigenvalue weighted by Crippen LogP contribution is 2.48. The number of hydrogen-bond donors (Lipinski definition) is 0. The molecule has 3 saturated carbocycles. The van der Waals surface area contributed by atoms with E-state index < -0.39 is 0 Å². The lowest BCUT2D eigenvalue weighted by Crippen LogP contribution is -2.21. The molecule has 2 heterocycles. The number of para-hydroxylation sites is 1. The number of hydrogen-bond acceptors (Lipinski definition) is 4. The molecule has 0 amide bonds. The topological polar surface area (TPSA) is 61.9 Å². The summed E-state index contributed by atoms with van der Waals surface area (Å²) in [7, 11) is 1.77. The minimum atomic E-state index is -0.107. The third kappa shape index (κ3) is 4.91. The van der Waals surface area contributed by atoms with Crippen LogP contribution in [-0.4, -0.2) is 9.55 Å². The first-order valence-corrected chi connectivity index (χ1v) is 15.6. The van der Waals surface area contributed by atoms with Gasteiger partial charge in [-0.05, 0) is 121 Å². The van der Waals surface area contributed by atoms with Crippen LogP contribution >= 0.6 is 0 Å². The van der Waals surface area contributed by atoms with Gasteiger partial charge in [0.15, 0.2) is 0 Å². The number of aryl methyl sites for hydroxylation is 1. The van der Waals surface area contributed by atoms with E-state index in [1.807, 2.05) is 6.07 Å². The van der Waals surface area contributed by atoms with Crippen molar-refractivity contribution < 1.29 is 0 Å². The molecule has 2 aromatic heterocycles. The van der Waals surface area contributed by atoms with Gasteiger partial charge in [0.1, 0.15) is 17.3 Å². The third-order valence-electron chi connectivity index (χ3n) is 9.44. The molecule has 0 unspecified atom stereocenters. The monoisotopic (exact) mass is 562 g/mol. The van der Waals surface area contributed by atoms with Crippen molar-refractivity contribution in [3.05, 3.63) is 118 Å². The van der Waals surface area contributed by atoms with Crippen molar-refractivity contribution >= 4 is 28.1 Å². The number of benzene rings is 3. The molecule has 0 bridgehead atoms. The lowest BCUT2D eigenvalue weighted by Gasteiger charge is -2.29. The van der Waals surface area contributed by atoms with E-state index >= 15 is 0 Å². The van der Waals surface area contributed by atoms with Crippen LogP contribution in [0.15, 0.2) is 89.7 Å². The molecule has 3 fully saturated rings. The summed E-state index contributed by atoms with van der Waals surface area (Å²) in [6.07, 6.45) is 8.55. The van der Waals surface area contributed by atoms with E-state index in [1.165, 1.54) is 66.3 Å². The van der Waals surface area contributed by atoms with Gasteiger partial charge in [0, 0.05) is 24.5 Å². The average molecular weight is 563 g/mol. The van der Waals surface area contributed by atoms with Crippen molar-refractivity contribution in [2.45, 2.75) is 56.8 Å². The third-order valence-corrected chi connectivity index (χ3v) is 9.44. The summed E-state index contributed by atoms with van der Waals surface area (Å²) in [6, 6.07) is 32.0. The summed E-state index contributed by atoms with van der Waals surface area (Å²) < 4.78 is 1.62. The van der Waals surface area contributed by atoms with Crippen molar-refractivity contribution in [3.8, 4) is 17.2 Å². The molecule has 3 aliphatic carbocycles. The van der Waals surface area contributed by atoms with Crippen molar-refractivity contribution in [3.63, 3.8) is 0 Å². The molecule has 0 radical (unpaired) electrons. The van der Waals surface area contributed by atoms with Gasteiger partial charge in [0.25, 0.3) is 5.56 Å². The van der Waals surface area contributed by atoms with Crippen LogP contribution in [0.4, 0.5) is 17.1 Å². The van der Waals surface area contributed by atoms with E-state index in [4.69, 9.17) is 4.98 Å². The van der Waals surface area contributed by atoms with Crippen LogP contribution in [-0.2, 0) is 13.5 Å². The number of nitriles is 1. The first-order valence-electron chi connectivity index (χ1n) is 15.6. The van der Waals surface area contributed by atoms with E-state index in [2.05, 4.69) is 77.7 Å². The number of aromatic nitrogens is 2. The fourth-order valence-corrected chi connectivity index (χ4v) is 6.52. The molecule has 3 aromatic carbocycles. The van der Waals surface area contributed by atoms with E-state index in [9.17, 15) is 10.1 Å². The predicted molar refractivity (Wildman–Crippen MR) is 172 cm³/mol. The molecule has 0 N–H and O–H groups in total. The number of pyridine rings is 2. The van der Waals surface area contributed by atoms with Gasteiger partial charge in [-0.15, -0.1) is 0 Å². The molecule has 5 heteroatoms. The van der Waals surface area contributed by atoms with Crippen LogP contribution in [0.2, 0.25) is 0 Å². The zero-order valence-electron chi connectivity index (χ0n) is 24.5. The lowest BCUT2D eigenvalue weighted by molar-refractivity contribution is 0.831. The number of fused-ring (bicyclic) bond motifs is 1. The van der Waals surface area contributed by atoms with Crippen molar-refractivity contribution in [1.29, 1.82) is 5.26 Å². The largest absolute Gasteiger partial charge is 0.310 e. The molecule has 0 spiro atoms. The highest BCUT2D eigenvalue weighted by molar-refractivity contribution is 5.96. The molecule has 8 rings (SSSR count). The quantitative estimate of drug-likeness (QED) is 0.190. The van der Waals surface area contributed by atoms with E-state index in [0.717, 1.165) is 23.7 Å². The molecular formula is C38H34N4O. The van der Waals surface area contributed by atoms with Gasteiger partial charge < -0.3 is 9.47 Å². The SMILES string of the molecule is Cn1c(=O)cc(N(c2ccc(C3CC3)c(-c3ccc(C4CC4)cc3)c2)c2ccccc2CC2CC2)c2nc(C#N)ccc21. The first kappa shape index (κ1) is 26.0. The minimum absolute atomic E-state index is 0.107. The highest BCUT2D eigenvalue weighted by Gasteiger charge is 2.30. The zero-order valence-corrected chi connectivity index (χ0v) is 24.5. The molecule has 3 aliphatic rings. The van der Waals surface area contributed by atoms with Crippen molar-refractivity contribution in [1.82, 2.24) is 9.55 Å². The lowest BCUT2D eigenvalue weighted by atomic mass is 9.94. The molecular weight excluding hydrogens is 528 g/mol. The smallest absolute Gasteiger partial charge is 0.252 e. The predicted octanol–water partition coefficient (Wildman–Crippen LogP) is 8.65. The summed E-state index contributed by atoms with van der Waals surface area (Å²) in [4.78, 5) is 20.4. The van der Waals surface area contributed by atoms with Crippen LogP contribution in [0.3, 0.4) is 0 Å². The van der Waals surface area contributed by atoms with Gasteiger partial charge in [-0.3, -0.25) is 4.79 Å². The Labute approximate surface area is 252 Å². The first-order chi connectivity index (χ1) is 21.1. The zero-order chi connectivity index (χ0) is 29.1. The standard InChI is InChI=1S/C38H34N4O/c1-41-35-19-16-30(23-39)40-38(35)36(22-37(41)43)42(34-5-3-2-4-29(34)20-24-6-7-24)31-17-18-32(27-14-15-27)33(21-31)28-12-10-26(11-13-28)25-8-9-25/h2-5,10-13,16-19,21-22,24-25,27H,6-9,14-15,20H2,1H3. The summed E-state index contributed by atoms with van der Waals surface area (Å²) >= 11 is 0. The minimum Gasteiger partial charge on any atom is -0.310 e. The number of nitrogens with zero attached hydrogens (tertiary/aromatic N) is 4. The second-order valence-corrected chi connectivity index (χ2v) is 12.7. The summed E-state index contributed by atoms with van der Waals surface area (Å²) in [5.41, 5.74) is 10.9. The fourth-order valence-electron chi connectivity index (χ4n) is 6.52. The maximum atomic E-state index is 13.4. The normalized spacial score (nSPS) is 16.3. The van der Waals surface area contributed by atoms with Crippen LogP contribution < -0.4 is 10.5 Å². The molecule has 0 aliphatic heterocycles. The van der Waals surface area contributed by atoms with E-state index in [0.29, 0.717) is 34.3 Å². The van der Waals surface area contributed by atoms with Crippen LogP contribution in [0.25, 0.3) is 22.2 Å².